The number of carboxylic acids is 1. The number of aliphatic carboxylic acids is 1. The van der Waals surface area contributed by atoms with Crippen LogP contribution in [-0.4, -0.2) is 16.2 Å². The van der Waals surface area contributed by atoms with E-state index in [1.165, 1.54) is 6.08 Å². The van der Waals surface area contributed by atoms with Crippen molar-refractivity contribution in [3.63, 3.8) is 0 Å². The number of phenols is 1. The number of aromatic hydroxyl groups is 1. The van der Waals surface area contributed by atoms with Crippen LogP contribution in [0.3, 0.4) is 0 Å². The summed E-state index contributed by atoms with van der Waals surface area (Å²) in [6, 6.07) is 16.8. The van der Waals surface area contributed by atoms with E-state index in [0.29, 0.717) is 10.6 Å². The SMILES string of the molecule is Cc1cccc(C)c1-c1cc(-c2ccc(/C=C/C(=O)O)cc2Cl)ccc1O. The fraction of sp³-hybridized carbons (Fsp3) is 0.0870. The number of halogens is 1. The van der Waals surface area contributed by atoms with Gasteiger partial charge in [0.15, 0.2) is 0 Å². The molecule has 2 N–H and O–H groups in total. The first kappa shape index (κ1) is 18.7. The summed E-state index contributed by atoms with van der Waals surface area (Å²) in [7, 11) is 0. The molecule has 0 aromatic heterocycles. The zero-order valence-electron chi connectivity index (χ0n) is 15.0. The highest BCUT2D eigenvalue weighted by atomic mass is 35.5. The highest BCUT2D eigenvalue weighted by Crippen LogP contribution is 2.38. The second-order valence-corrected chi connectivity index (χ2v) is 6.82. The molecule has 0 aliphatic heterocycles. The zero-order valence-corrected chi connectivity index (χ0v) is 15.8. The number of hydrogen-bond acceptors (Lipinski definition) is 2. The third-order valence-electron chi connectivity index (χ3n) is 4.47. The fourth-order valence-electron chi connectivity index (χ4n) is 3.18. The van der Waals surface area contributed by atoms with E-state index in [1.807, 2.05) is 56.3 Å². The minimum atomic E-state index is -1.01. The Kier molecular flexibility index (Phi) is 5.33. The van der Waals surface area contributed by atoms with Crippen LogP contribution in [0.5, 0.6) is 5.75 Å². The summed E-state index contributed by atoms with van der Waals surface area (Å²) >= 11 is 6.44. The molecule has 27 heavy (non-hydrogen) atoms. The summed E-state index contributed by atoms with van der Waals surface area (Å²) in [5, 5.41) is 19.7. The third-order valence-corrected chi connectivity index (χ3v) is 4.78. The van der Waals surface area contributed by atoms with E-state index in [4.69, 9.17) is 16.7 Å². The van der Waals surface area contributed by atoms with Crippen molar-refractivity contribution in [3.05, 3.63) is 82.4 Å². The van der Waals surface area contributed by atoms with Crippen LogP contribution in [0.2, 0.25) is 5.02 Å². The zero-order chi connectivity index (χ0) is 19.6. The summed E-state index contributed by atoms with van der Waals surface area (Å²) in [5.74, 6) is -0.791. The Balaban J connectivity index is 2.08. The lowest BCUT2D eigenvalue weighted by Gasteiger charge is -2.14. The average Bonchev–Trinajstić information content (AvgIpc) is 2.61. The van der Waals surface area contributed by atoms with Crippen molar-refractivity contribution in [2.75, 3.05) is 0 Å². The molecule has 0 aliphatic carbocycles. The van der Waals surface area contributed by atoms with Gasteiger partial charge in [-0.2, -0.15) is 0 Å². The molecule has 0 radical (unpaired) electrons. The predicted octanol–water partition coefficient (Wildman–Crippen LogP) is 6.09. The maximum absolute atomic E-state index is 10.7. The van der Waals surface area contributed by atoms with Crippen LogP contribution in [-0.2, 0) is 4.79 Å². The van der Waals surface area contributed by atoms with Gasteiger partial charge in [0, 0.05) is 22.2 Å². The molecular formula is C23H19ClO3. The molecule has 0 saturated heterocycles. The van der Waals surface area contributed by atoms with Gasteiger partial charge >= 0.3 is 5.97 Å². The summed E-state index contributed by atoms with van der Waals surface area (Å²) in [4.78, 5) is 10.7. The molecule has 3 aromatic carbocycles. The minimum Gasteiger partial charge on any atom is -0.507 e. The molecule has 0 spiro atoms. The van der Waals surface area contributed by atoms with E-state index in [0.717, 1.165) is 39.5 Å². The Morgan fingerprint density at radius 2 is 1.67 bits per heavy atom. The van der Waals surface area contributed by atoms with Gasteiger partial charge in [0.25, 0.3) is 0 Å². The van der Waals surface area contributed by atoms with Crippen molar-refractivity contribution in [2.24, 2.45) is 0 Å². The molecule has 0 aliphatic rings. The maximum atomic E-state index is 10.7. The lowest BCUT2D eigenvalue weighted by molar-refractivity contribution is -0.131. The maximum Gasteiger partial charge on any atom is 0.328 e. The summed E-state index contributed by atoms with van der Waals surface area (Å²) in [5.41, 5.74) is 6.34. The molecule has 3 rings (SSSR count). The topological polar surface area (TPSA) is 57.5 Å². The second-order valence-electron chi connectivity index (χ2n) is 6.41. The van der Waals surface area contributed by atoms with E-state index >= 15 is 0 Å². The van der Waals surface area contributed by atoms with Gasteiger partial charge in [-0.25, -0.2) is 4.79 Å². The van der Waals surface area contributed by atoms with Crippen molar-refractivity contribution in [3.8, 4) is 28.0 Å². The van der Waals surface area contributed by atoms with Crippen molar-refractivity contribution < 1.29 is 15.0 Å². The molecule has 0 heterocycles. The van der Waals surface area contributed by atoms with Crippen molar-refractivity contribution >= 4 is 23.6 Å². The molecule has 0 saturated carbocycles. The van der Waals surface area contributed by atoms with Gasteiger partial charge in [-0.1, -0.05) is 48.0 Å². The Labute approximate surface area is 163 Å². The smallest absolute Gasteiger partial charge is 0.328 e. The molecule has 0 fully saturated rings. The summed E-state index contributed by atoms with van der Waals surface area (Å²) in [6.07, 6.45) is 2.57. The summed E-state index contributed by atoms with van der Waals surface area (Å²) < 4.78 is 0. The number of carbonyl (C=O) groups is 1. The number of carboxylic acid groups (broad SMARTS) is 1. The minimum absolute atomic E-state index is 0.216. The second kappa shape index (κ2) is 7.68. The predicted molar refractivity (Wildman–Crippen MR) is 110 cm³/mol. The van der Waals surface area contributed by atoms with Crippen LogP contribution in [0.25, 0.3) is 28.3 Å². The number of phenolic OH excluding ortho intramolecular Hbond substituents is 1. The van der Waals surface area contributed by atoms with E-state index < -0.39 is 5.97 Å². The Bertz CT molecular complexity index is 1030. The number of rotatable bonds is 4. The normalized spacial score (nSPS) is 11.1. The molecule has 0 atom stereocenters. The van der Waals surface area contributed by atoms with Crippen LogP contribution in [0, 0.1) is 13.8 Å². The molecule has 0 unspecified atom stereocenters. The standard InChI is InChI=1S/C23H19ClO3/c1-14-4-3-5-15(2)23(14)19-13-17(8-10-21(19)25)18-9-6-16(12-20(18)24)7-11-22(26)27/h3-13,25H,1-2H3,(H,26,27)/b11-7+. The number of aryl methyl sites for hydroxylation is 2. The molecule has 0 bridgehead atoms. The average molecular weight is 379 g/mol. The van der Waals surface area contributed by atoms with Gasteiger partial charge in [-0.3, -0.25) is 0 Å². The first-order chi connectivity index (χ1) is 12.9. The molecule has 136 valence electrons. The first-order valence-electron chi connectivity index (χ1n) is 8.47. The lowest BCUT2D eigenvalue weighted by Crippen LogP contribution is -1.90. The highest BCUT2D eigenvalue weighted by molar-refractivity contribution is 6.33. The monoisotopic (exact) mass is 378 g/mol. The molecule has 3 aromatic rings. The van der Waals surface area contributed by atoms with Crippen LogP contribution in [0.4, 0.5) is 0 Å². The molecular weight excluding hydrogens is 360 g/mol. The number of hydrogen-bond donors (Lipinski definition) is 2. The molecule has 3 nitrogen and oxygen atoms in total. The van der Waals surface area contributed by atoms with Gasteiger partial charge in [0.05, 0.1) is 0 Å². The van der Waals surface area contributed by atoms with Crippen LogP contribution in [0.1, 0.15) is 16.7 Å². The fourth-order valence-corrected chi connectivity index (χ4v) is 3.48. The van der Waals surface area contributed by atoms with E-state index in [9.17, 15) is 9.90 Å². The molecule has 0 amide bonds. The Morgan fingerprint density at radius 1 is 0.963 bits per heavy atom. The molecule has 4 heteroatoms. The van der Waals surface area contributed by atoms with E-state index in [-0.39, 0.29) is 5.75 Å². The van der Waals surface area contributed by atoms with Crippen LogP contribution in [0.15, 0.2) is 60.7 Å². The van der Waals surface area contributed by atoms with Gasteiger partial charge in [-0.15, -0.1) is 0 Å². The Hall–Kier alpha value is -3.04. The Morgan fingerprint density at radius 3 is 2.30 bits per heavy atom. The lowest BCUT2D eigenvalue weighted by atomic mass is 9.92. The highest BCUT2D eigenvalue weighted by Gasteiger charge is 2.13. The van der Waals surface area contributed by atoms with Crippen LogP contribution < -0.4 is 0 Å². The van der Waals surface area contributed by atoms with Crippen molar-refractivity contribution in [1.82, 2.24) is 0 Å². The van der Waals surface area contributed by atoms with Gasteiger partial charge in [-0.05, 0) is 65.9 Å². The largest absolute Gasteiger partial charge is 0.507 e. The van der Waals surface area contributed by atoms with Gasteiger partial charge < -0.3 is 10.2 Å². The quantitative estimate of drug-likeness (QED) is 0.540. The van der Waals surface area contributed by atoms with Crippen LogP contribution >= 0.6 is 11.6 Å². The van der Waals surface area contributed by atoms with Gasteiger partial charge in [0.2, 0.25) is 0 Å². The van der Waals surface area contributed by atoms with E-state index in [2.05, 4.69) is 0 Å². The van der Waals surface area contributed by atoms with E-state index in [1.54, 1.807) is 12.1 Å². The van der Waals surface area contributed by atoms with Gasteiger partial charge in [0.1, 0.15) is 5.75 Å². The number of benzene rings is 3. The van der Waals surface area contributed by atoms with Crippen molar-refractivity contribution in [2.45, 2.75) is 13.8 Å². The third kappa shape index (κ3) is 4.04. The summed E-state index contributed by atoms with van der Waals surface area (Å²) in [6.45, 7) is 4.04. The van der Waals surface area contributed by atoms with Crippen molar-refractivity contribution in [1.29, 1.82) is 0 Å². The first-order valence-corrected chi connectivity index (χ1v) is 8.85.